The van der Waals surface area contributed by atoms with E-state index >= 15 is 0 Å². The fraction of sp³-hybridized carbons (Fsp3) is 0.320. The lowest BCUT2D eigenvalue weighted by Gasteiger charge is -2.35. The molecule has 0 spiro atoms. The number of carbonyl (C=O) groups excluding carboxylic acids is 2. The Kier molecular flexibility index (Phi) is 5.38. The minimum absolute atomic E-state index is 0.00631. The van der Waals surface area contributed by atoms with Gasteiger partial charge < -0.3 is 14.5 Å². The van der Waals surface area contributed by atoms with Crippen LogP contribution in [0.5, 0.6) is 0 Å². The third-order valence-corrected chi connectivity index (χ3v) is 6.19. The molecule has 2 aliphatic rings. The molecule has 0 radical (unpaired) electrons. The van der Waals surface area contributed by atoms with Crippen LogP contribution in [0.25, 0.3) is 21.9 Å². The second-order valence-electron chi connectivity index (χ2n) is 8.10. The van der Waals surface area contributed by atoms with E-state index < -0.39 is 0 Å². The molecular formula is C25H25N3O3. The fourth-order valence-corrected chi connectivity index (χ4v) is 4.43. The maximum atomic E-state index is 13.0. The third-order valence-electron chi connectivity index (χ3n) is 6.19. The lowest BCUT2D eigenvalue weighted by molar-refractivity contribution is -0.142. The zero-order valence-electron chi connectivity index (χ0n) is 17.4. The monoisotopic (exact) mass is 415 g/mol. The maximum Gasteiger partial charge on any atom is 0.253 e. The van der Waals surface area contributed by atoms with Gasteiger partial charge in [0.05, 0.1) is 0 Å². The van der Waals surface area contributed by atoms with Gasteiger partial charge in [-0.15, -0.1) is 0 Å². The maximum absolute atomic E-state index is 13.0. The molecule has 3 heterocycles. The molecular weight excluding hydrogens is 390 g/mol. The predicted molar refractivity (Wildman–Crippen MR) is 119 cm³/mol. The third kappa shape index (κ3) is 3.91. The van der Waals surface area contributed by atoms with Crippen molar-refractivity contribution in [2.75, 3.05) is 32.8 Å². The molecule has 1 atom stereocenters. The van der Waals surface area contributed by atoms with E-state index in [4.69, 9.17) is 4.74 Å². The van der Waals surface area contributed by atoms with Crippen molar-refractivity contribution in [3.63, 3.8) is 0 Å². The van der Waals surface area contributed by atoms with Gasteiger partial charge in [0.2, 0.25) is 0 Å². The second-order valence-corrected chi connectivity index (χ2v) is 8.10. The quantitative estimate of drug-likeness (QED) is 0.658. The Labute approximate surface area is 181 Å². The molecule has 2 aromatic carbocycles. The smallest absolute Gasteiger partial charge is 0.253 e. The highest BCUT2D eigenvalue weighted by Gasteiger charge is 2.31. The lowest BCUT2D eigenvalue weighted by Crippen LogP contribution is -2.52. The molecule has 2 amide bonds. The van der Waals surface area contributed by atoms with Crippen LogP contribution < -0.4 is 0 Å². The number of hydrogen-bond donors (Lipinski definition) is 0. The van der Waals surface area contributed by atoms with Crippen LogP contribution in [-0.2, 0) is 9.53 Å². The Bertz CT molecular complexity index is 1090. The molecule has 6 nitrogen and oxygen atoms in total. The number of carbonyl (C=O) groups is 2. The molecule has 5 rings (SSSR count). The number of fused-ring (bicyclic) bond motifs is 1. The molecule has 2 saturated heterocycles. The number of amides is 2. The van der Waals surface area contributed by atoms with Crippen molar-refractivity contribution in [1.29, 1.82) is 0 Å². The van der Waals surface area contributed by atoms with E-state index in [-0.39, 0.29) is 17.9 Å². The normalized spacial score (nSPS) is 19.0. The number of pyridine rings is 1. The summed E-state index contributed by atoms with van der Waals surface area (Å²) >= 11 is 0. The Morgan fingerprint density at radius 3 is 2.39 bits per heavy atom. The molecule has 0 saturated carbocycles. The van der Waals surface area contributed by atoms with E-state index in [1.54, 1.807) is 0 Å². The standard InChI is InChI=1S/C25H25N3O3/c29-24(27-11-13-28(14-12-27)25(30)23-6-3-15-31-23)19-9-7-18(8-10-19)22-17-26-16-20-4-1-2-5-21(20)22/h1-2,4-5,7-10,16-17,23H,3,6,11-15H2/t23-/m0/s1. The number of piperazine rings is 1. The van der Waals surface area contributed by atoms with Gasteiger partial charge in [0, 0.05) is 61.7 Å². The summed E-state index contributed by atoms with van der Waals surface area (Å²) < 4.78 is 5.51. The minimum atomic E-state index is -0.293. The van der Waals surface area contributed by atoms with Crippen molar-refractivity contribution >= 4 is 22.6 Å². The van der Waals surface area contributed by atoms with Gasteiger partial charge in [-0.2, -0.15) is 0 Å². The summed E-state index contributed by atoms with van der Waals surface area (Å²) in [6.45, 7) is 2.88. The summed E-state index contributed by atoms with van der Waals surface area (Å²) in [5.74, 6) is 0.0736. The molecule has 2 fully saturated rings. The molecule has 6 heteroatoms. The first kappa shape index (κ1) is 19.7. The Hall–Kier alpha value is -3.25. The van der Waals surface area contributed by atoms with Crippen molar-refractivity contribution in [3.8, 4) is 11.1 Å². The highest BCUT2D eigenvalue weighted by atomic mass is 16.5. The van der Waals surface area contributed by atoms with Crippen LogP contribution in [-0.4, -0.2) is 65.5 Å². The fourth-order valence-electron chi connectivity index (χ4n) is 4.43. The zero-order valence-corrected chi connectivity index (χ0v) is 17.4. The van der Waals surface area contributed by atoms with E-state index in [2.05, 4.69) is 11.1 Å². The topological polar surface area (TPSA) is 62.7 Å². The molecule has 0 unspecified atom stereocenters. The van der Waals surface area contributed by atoms with Gasteiger partial charge in [0.15, 0.2) is 0 Å². The van der Waals surface area contributed by atoms with Gasteiger partial charge in [-0.25, -0.2) is 0 Å². The summed E-state index contributed by atoms with van der Waals surface area (Å²) in [4.78, 5) is 33.5. The number of hydrogen-bond acceptors (Lipinski definition) is 4. The Morgan fingerprint density at radius 1 is 0.903 bits per heavy atom. The number of nitrogens with zero attached hydrogens (tertiary/aromatic N) is 3. The summed E-state index contributed by atoms with van der Waals surface area (Å²) in [7, 11) is 0. The van der Waals surface area contributed by atoms with Crippen molar-refractivity contribution in [3.05, 3.63) is 66.5 Å². The summed E-state index contributed by atoms with van der Waals surface area (Å²) in [6.07, 6.45) is 5.18. The molecule has 158 valence electrons. The first-order chi connectivity index (χ1) is 15.2. The van der Waals surface area contributed by atoms with Crippen LogP contribution >= 0.6 is 0 Å². The van der Waals surface area contributed by atoms with Crippen molar-refractivity contribution in [1.82, 2.24) is 14.8 Å². The SMILES string of the molecule is O=C(c1ccc(-c2cncc3ccccc23)cc1)N1CCN(C(=O)[C@@H]2CCCO2)CC1. The Morgan fingerprint density at radius 2 is 1.65 bits per heavy atom. The minimum Gasteiger partial charge on any atom is -0.368 e. The highest BCUT2D eigenvalue weighted by Crippen LogP contribution is 2.28. The van der Waals surface area contributed by atoms with Gasteiger partial charge in [-0.3, -0.25) is 14.6 Å². The van der Waals surface area contributed by atoms with Crippen LogP contribution in [0.15, 0.2) is 60.9 Å². The number of aromatic nitrogens is 1. The number of benzene rings is 2. The lowest BCUT2D eigenvalue weighted by atomic mass is 10.00. The van der Waals surface area contributed by atoms with E-state index in [1.165, 1.54) is 0 Å². The van der Waals surface area contributed by atoms with Crippen LogP contribution in [0.2, 0.25) is 0 Å². The van der Waals surface area contributed by atoms with Crippen molar-refractivity contribution < 1.29 is 14.3 Å². The molecule has 1 aromatic heterocycles. The summed E-state index contributed by atoms with van der Waals surface area (Å²) in [6, 6.07) is 15.9. The van der Waals surface area contributed by atoms with Gasteiger partial charge in [-0.05, 0) is 35.9 Å². The molecule has 2 aliphatic heterocycles. The molecule has 3 aromatic rings. The van der Waals surface area contributed by atoms with E-state index in [9.17, 15) is 9.59 Å². The second kappa shape index (κ2) is 8.47. The Balaban J connectivity index is 1.26. The van der Waals surface area contributed by atoms with Crippen LogP contribution in [0.4, 0.5) is 0 Å². The van der Waals surface area contributed by atoms with Crippen LogP contribution in [0.1, 0.15) is 23.2 Å². The van der Waals surface area contributed by atoms with Gasteiger partial charge in [0.1, 0.15) is 6.10 Å². The largest absolute Gasteiger partial charge is 0.368 e. The summed E-state index contributed by atoms with van der Waals surface area (Å²) in [5, 5.41) is 2.24. The van der Waals surface area contributed by atoms with Crippen molar-refractivity contribution in [2.45, 2.75) is 18.9 Å². The average Bonchev–Trinajstić information content (AvgIpc) is 3.38. The van der Waals surface area contributed by atoms with Crippen molar-refractivity contribution in [2.24, 2.45) is 0 Å². The highest BCUT2D eigenvalue weighted by molar-refractivity contribution is 5.98. The number of rotatable bonds is 3. The average molecular weight is 415 g/mol. The zero-order chi connectivity index (χ0) is 21.2. The van der Waals surface area contributed by atoms with Crippen LogP contribution in [0, 0.1) is 0 Å². The van der Waals surface area contributed by atoms with Gasteiger partial charge >= 0.3 is 0 Å². The van der Waals surface area contributed by atoms with Gasteiger partial charge in [0.25, 0.3) is 11.8 Å². The molecule has 0 N–H and O–H groups in total. The number of ether oxygens (including phenoxy) is 1. The molecule has 0 aliphatic carbocycles. The van der Waals surface area contributed by atoms with E-state index in [0.29, 0.717) is 38.3 Å². The van der Waals surface area contributed by atoms with E-state index in [1.807, 2.05) is 64.7 Å². The van der Waals surface area contributed by atoms with Crippen LogP contribution in [0.3, 0.4) is 0 Å². The molecule has 31 heavy (non-hydrogen) atoms. The molecule has 0 bridgehead atoms. The van der Waals surface area contributed by atoms with E-state index in [0.717, 1.165) is 34.7 Å². The predicted octanol–water partition coefficient (Wildman–Crippen LogP) is 3.37. The summed E-state index contributed by atoms with van der Waals surface area (Å²) in [5.41, 5.74) is 2.75. The first-order valence-corrected chi connectivity index (χ1v) is 10.8. The first-order valence-electron chi connectivity index (χ1n) is 10.8. The van der Waals surface area contributed by atoms with Gasteiger partial charge in [-0.1, -0.05) is 36.4 Å².